The second-order valence-corrected chi connectivity index (χ2v) is 6.12. The Balaban J connectivity index is 2.42. The van der Waals surface area contributed by atoms with Crippen molar-refractivity contribution >= 4 is 15.9 Å². The fourth-order valence-electron chi connectivity index (χ4n) is 1.83. The highest BCUT2D eigenvalue weighted by molar-refractivity contribution is 7.88. The molecule has 1 aliphatic rings. The maximum absolute atomic E-state index is 12.0. The van der Waals surface area contributed by atoms with Crippen LogP contribution in [0.5, 0.6) is 0 Å². The number of nitrogens with zero attached hydrogens (tertiary/aromatic N) is 1. The van der Waals surface area contributed by atoms with Gasteiger partial charge >= 0.3 is 6.18 Å². The first-order valence-corrected chi connectivity index (χ1v) is 7.28. The third-order valence-corrected chi connectivity index (χ3v) is 3.34. The molecule has 18 heavy (non-hydrogen) atoms. The molecule has 1 rings (SSSR count). The molecule has 1 saturated heterocycles. The SMILES string of the molecule is CS(=O)(=O)NC1CCN(C(=O)CC(F)(F)F)CC1. The third-order valence-electron chi connectivity index (χ3n) is 2.58. The van der Waals surface area contributed by atoms with Gasteiger partial charge in [-0.05, 0) is 12.8 Å². The topological polar surface area (TPSA) is 66.5 Å². The standard InChI is InChI=1S/C9H15F3N2O3S/c1-18(16,17)13-7-2-4-14(5-3-7)8(15)6-9(10,11)12/h7,13H,2-6H2,1H3. The first-order chi connectivity index (χ1) is 8.07. The van der Waals surface area contributed by atoms with Crippen LogP contribution in [0.15, 0.2) is 0 Å². The summed E-state index contributed by atoms with van der Waals surface area (Å²) in [7, 11) is -3.32. The van der Waals surface area contributed by atoms with E-state index in [1.807, 2.05) is 0 Å². The highest BCUT2D eigenvalue weighted by atomic mass is 32.2. The van der Waals surface area contributed by atoms with Gasteiger partial charge in [-0.2, -0.15) is 13.2 Å². The first kappa shape index (κ1) is 15.2. The van der Waals surface area contributed by atoms with Crippen molar-refractivity contribution in [3.05, 3.63) is 0 Å². The number of carbonyl (C=O) groups excluding carboxylic acids is 1. The van der Waals surface area contributed by atoms with E-state index >= 15 is 0 Å². The number of alkyl halides is 3. The molecule has 0 aliphatic carbocycles. The Morgan fingerprint density at radius 3 is 2.22 bits per heavy atom. The van der Waals surface area contributed by atoms with Crippen LogP contribution in [-0.2, 0) is 14.8 Å². The fourth-order valence-corrected chi connectivity index (χ4v) is 2.67. The van der Waals surface area contributed by atoms with Crippen LogP contribution >= 0.6 is 0 Å². The third kappa shape index (κ3) is 5.67. The molecule has 1 N–H and O–H groups in total. The van der Waals surface area contributed by atoms with E-state index in [9.17, 15) is 26.4 Å². The summed E-state index contributed by atoms with van der Waals surface area (Å²) in [5.74, 6) is -0.958. The number of sulfonamides is 1. The summed E-state index contributed by atoms with van der Waals surface area (Å²) in [5, 5.41) is 0. The minimum atomic E-state index is -4.50. The van der Waals surface area contributed by atoms with Gasteiger partial charge in [-0.25, -0.2) is 13.1 Å². The molecule has 106 valence electrons. The summed E-state index contributed by atoms with van der Waals surface area (Å²) in [4.78, 5) is 12.4. The van der Waals surface area contributed by atoms with E-state index in [1.54, 1.807) is 0 Å². The zero-order valence-electron chi connectivity index (χ0n) is 9.83. The van der Waals surface area contributed by atoms with Crippen LogP contribution in [0, 0.1) is 0 Å². The zero-order chi connectivity index (χ0) is 14.0. The van der Waals surface area contributed by atoms with Crippen molar-refractivity contribution in [2.24, 2.45) is 0 Å². The number of carbonyl (C=O) groups is 1. The second-order valence-electron chi connectivity index (χ2n) is 4.34. The molecule has 0 aromatic heterocycles. The Morgan fingerprint density at radius 2 is 1.83 bits per heavy atom. The number of likely N-dealkylation sites (tertiary alicyclic amines) is 1. The maximum Gasteiger partial charge on any atom is 0.397 e. The maximum atomic E-state index is 12.0. The molecule has 9 heteroatoms. The number of amides is 1. The number of hydrogen-bond acceptors (Lipinski definition) is 3. The predicted octanol–water partition coefficient (Wildman–Crippen LogP) is 0.479. The van der Waals surface area contributed by atoms with E-state index in [4.69, 9.17) is 0 Å². The Labute approximate surface area is 103 Å². The molecule has 1 aliphatic heterocycles. The summed E-state index contributed by atoms with van der Waals surface area (Å²) in [5.41, 5.74) is 0. The molecule has 1 fully saturated rings. The van der Waals surface area contributed by atoms with Gasteiger partial charge in [-0.1, -0.05) is 0 Å². The van der Waals surface area contributed by atoms with Crippen molar-refractivity contribution in [3.63, 3.8) is 0 Å². The van der Waals surface area contributed by atoms with Crippen molar-refractivity contribution < 1.29 is 26.4 Å². The molecule has 5 nitrogen and oxygen atoms in total. The van der Waals surface area contributed by atoms with Gasteiger partial charge in [0.15, 0.2) is 0 Å². The number of nitrogens with one attached hydrogen (secondary N) is 1. The zero-order valence-corrected chi connectivity index (χ0v) is 10.6. The van der Waals surface area contributed by atoms with Crippen LogP contribution in [0.3, 0.4) is 0 Å². The largest absolute Gasteiger partial charge is 0.397 e. The molecular weight excluding hydrogens is 273 g/mol. The molecule has 0 spiro atoms. The van der Waals surface area contributed by atoms with Crippen LogP contribution in [0.2, 0.25) is 0 Å². The summed E-state index contributed by atoms with van der Waals surface area (Å²) < 4.78 is 60.4. The quantitative estimate of drug-likeness (QED) is 0.821. The molecule has 0 aromatic rings. The van der Waals surface area contributed by atoms with Crippen LogP contribution in [0.25, 0.3) is 0 Å². The van der Waals surface area contributed by atoms with Crippen molar-refractivity contribution in [2.75, 3.05) is 19.3 Å². The van der Waals surface area contributed by atoms with E-state index in [2.05, 4.69) is 4.72 Å². The van der Waals surface area contributed by atoms with Crippen LogP contribution in [0.1, 0.15) is 19.3 Å². The van der Waals surface area contributed by atoms with Crippen molar-refractivity contribution in [2.45, 2.75) is 31.5 Å². The average Bonchev–Trinajstić information content (AvgIpc) is 2.13. The number of halogens is 3. The minimum Gasteiger partial charge on any atom is -0.342 e. The number of piperidine rings is 1. The minimum absolute atomic E-state index is 0.141. The Kier molecular flexibility index (Phi) is 4.60. The lowest BCUT2D eigenvalue weighted by Crippen LogP contribution is -2.47. The van der Waals surface area contributed by atoms with Gasteiger partial charge in [0.1, 0.15) is 6.42 Å². The van der Waals surface area contributed by atoms with Gasteiger partial charge in [-0.3, -0.25) is 4.79 Å². The first-order valence-electron chi connectivity index (χ1n) is 5.39. The molecule has 1 amide bonds. The van der Waals surface area contributed by atoms with Gasteiger partial charge in [0.25, 0.3) is 0 Å². The monoisotopic (exact) mass is 288 g/mol. The Hall–Kier alpha value is -0.830. The van der Waals surface area contributed by atoms with E-state index < -0.39 is 28.5 Å². The lowest BCUT2D eigenvalue weighted by molar-refractivity contribution is -0.162. The second kappa shape index (κ2) is 5.43. The van der Waals surface area contributed by atoms with Gasteiger partial charge in [-0.15, -0.1) is 0 Å². The molecule has 0 unspecified atom stereocenters. The highest BCUT2D eigenvalue weighted by Gasteiger charge is 2.34. The molecule has 1 heterocycles. The van der Waals surface area contributed by atoms with Gasteiger partial charge in [0, 0.05) is 19.1 Å². The van der Waals surface area contributed by atoms with Crippen LogP contribution in [-0.4, -0.2) is 50.8 Å². The Morgan fingerprint density at radius 1 is 1.33 bits per heavy atom. The summed E-state index contributed by atoms with van der Waals surface area (Å²) in [6.07, 6.45) is -4.28. The van der Waals surface area contributed by atoms with Crippen molar-refractivity contribution in [1.82, 2.24) is 9.62 Å². The molecule has 0 bridgehead atoms. The molecule has 0 saturated carbocycles. The van der Waals surface area contributed by atoms with Crippen LogP contribution < -0.4 is 4.72 Å². The van der Waals surface area contributed by atoms with Gasteiger partial charge < -0.3 is 4.90 Å². The summed E-state index contributed by atoms with van der Waals surface area (Å²) in [6.45, 7) is 0.282. The van der Waals surface area contributed by atoms with E-state index in [0.29, 0.717) is 12.8 Å². The van der Waals surface area contributed by atoms with Crippen LogP contribution in [0.4, 0.5) is 13.2 Å². The Bertz CT molecular complexity index is 400. The lowest BCUT2D eigenvalue weighted by Gasteiger charge is -2.32. The highest BCUT2D eigenvalue weighted by Crippen LogP contribution is 2.22. The number of hydrogen-bond donors (Lipinski definition) is 1. The van der Waals surface area contributed by atoms with E-state index in [0.717, 1.165) is 11.2 Å². The predicted molar refractivity (Wildman–Crippen MR) is 58.3 cm³/mol. The molecule has 0 radical (unpaired) electrons. The normalized spacial score (nSPS) is 19.0. The van der Waals surface area contributed by atoms with Crippen molar-refractivity contribution in [3.8, 4) is 0 Å². The van der Waals surface area contributed by atoms with Crippen molar-refractivity contribution in [1.29, 1.82) is 0 Å². The van der Waals surface area contributed by atoms with E-state index in [1.165, 1.54) is 0 Å². The van der Waals surface area contributed by atoms with Gasteiger partial charge in [0.2, 0.25) is 15.9 Å². The molecular formula is C9H15F3N2O3S. The van der Waals surface area contributed by atoms with Gasteiger partial charge in [0.05, 0.1) is 6.26 Å². The number of rotatable bonds is 3. The molecule has 0 aromatic carbocycles. The molecule has 0 atom stereocenters. The van der Waals surface area contributed by atoms with E-state index in [-0.39, 0.29) is 19.1 Å². The smallest absolute Gasteiger partial charge is 0.342 e. The fraction of sp³-hybridized carbons (Fsp3) is 0.889. The lowest BCUT2D eigenvalue weighted by atomic mass is 10.1. The average molecular weight is 288 g/mol. The summed E-state index contributed by atoms with van der Waals surface area (Å²) in [6, 6.07) is -0.310. The summed E-state index contributed by atoms with van der Waals surface area (Å²) >= 11 is 0.